The normalized spacial score (nSPS) is 16.5. The Hall–Kier alpha value is -3.12. The van der Waals surface area contributed by atoms with Crippen LogP contribution in [0, 0.1) is 3.57 Å². The SMILES string of the molecule is CC(c1ccc(C(F)(F)F)cc1)N1C(=O)c2cc(I)ccc2N(CCCCC(=O)O)C(=O)C1c1ccc(Cl)cc1. The number of hydrogen-bond acceptors (Lipinski definition) is 3. The lowest BCUT2D eigenvalue weighted by Gasteiger charge is -2.36. The lowest BCUT2D eigenvalue weighted by atomic mass is 9.98. The van der Waals surface area contributed by atoms with Gasteiger partial charge in [-0.2, -0.15) is 13.2 Å². The summed E-state index contributed by atoms with van der Waals surface area (Å²) in [4.78, 5) is 42.5. The van der Waals surface area contributed by atoms with Gasteiger partial charge in [-0.3, -0.25) is 14.4 Å². The minimum Gasteiger partial charge on any atom is -0.481 e. The highest BCUT2D eigenvalue weighted by molar-refractivity contribution is 14.1. The number of carbonyl (C=O) groups excluding carboxylic acids is 2. The maximum absolute atomic E-state index is 14.3. The standard InChI is InChI=1S/C29H25ClF3IN2O4/c1-17(18-5-9-20(10-6-18)29(31,32)33)36-26(19-7-11-21(30)12-8-19)28(40)35(15-3-2-4-25(37)38)24-14-13-22(34)16-23(24)27(36)39/h5-14,16-17,26H,2-4,15H2,1H3,(H,37,38). The zero-order chi connectivity index (χ0) is 29.2. The Labute approximate surface area is 247 Å². The molecule has 11 heteroatoms. The number of carboxylic acid groups (broad SMARTS) is 1. The lowest BCUT2D eigenvalue weighted by molar-refractivity contribution is -0.138. The number of carboxylic acids is 1. The van der Waals surface area contributed by atoms with Crippen molar-refractivity contribution < 1.29 is 32.7 Å². The Kier molecular flexibility index (Phi) is 9.09. The third-order valence-electron chi connectivity index (χ3n) is 6.84. The molecule has 0 saturated carbocycles. The first-order valence-corrected chi connectivity index (χ1v) is 13.9. The van der Waals surface area contributed by atoms with Crippen molar-refractivity contribution in [2.24, 2.45) is 0 Å². The van der Waals surface area contributed by atoms with Crippen LogP contribution >= 0.6 is 34.2 Å². The first-order valence-electron chi connectivity index (χ1n) is 12.5. The van der Waals surface area contributed by atoms with Gasteiger partial charge >= 0.3 is 12.1 Å². The maximum Gasteiger partial charge on any atom is 0.416 e. The first kappa shape index (κ1) is 29.9. The van der Waals surface area contributed by atoms with Crippen molar-refractivity contribution in [3.8, 4) is 0 Å². The predicted molar refractivity (Wildman–Crippen MR) is 153 cm³/mol. The van der Waals surface area contributed by atoms with Crippen molar-refractivity contribution in [2.75, 3.05) is 11.4 Å². The third kappa shape index (κ3) is 6.43. The molecule has 1 heterocycles. The number of halogens is 5. The van der Waals surface area contributed by atoms with Crippen molar-refractivity contribution in [3.05, 3.63) is 97.6 Å². The molecule has 2 atom stereocenters. The lowest BCUT2D eigenvalue weighted by Crippen LogP contribution is -2.44. The van der Waals surface area contributed by atoms with E-state index in [4.69, 9.17) is 16.7 Å². The average molecular weight is 685 g/mol. The molecule has 1 aliphatic rings. The van der Waals surface area contributed by atoms with Gasteiger partial charge in [0.25, 0.3) is 11.8 Å². The number of nitrogens with zero attached hydrogens (tertiary/aromatic N) is 2. The summed E-state index contributed by atoms with van der Waals surface area (Å²) < 4.78 is 40.4. The van der Waals surface area contributed by atoms with Crippen LogP contribution in [0.3, 0.4) is 0 Å². The summed E-state index contributed by atoms with van der Waals surface area (Å²) in [6, 6.07) is 14.3. The summed E-state index contributed by atoms with van der Waals surface area (Å²) in [6.45, 7) is 1.85. The monoisotopic (exact) mass is 684 g/mol. The molecular weight excluding hydrogens is 660 g/mol. The molecule has 0 bridgehead atoms. The molecule has 3 aromatic carbocycles. The molecular formula is C29H25ClF3IN2O4. The van der Waals surface area contributed by atoms with E-state index < -0.39 is 41.6 Å². The van der Waals surface area contributed by atoms with Gasteiger partial charge in [0.2, 0.25) is 0 Å². The largest absolute Gasteiger partial charge is 0.481 e. The van der Waals surface area contributed by atoms with Crippen LogP contribution < -0.4 is 4.90 Å². The van der Waals surface area contributed by atoms with E-state index in [1.54, 1.807) is 49.4 Å². The fourth-order valence-corrected chi connectivity index (χ4v) is 5.41. The molecule has 1 aliphatic heterocycles. The van der Waals surface area contributed by atoms with E-state index in [0.29, 0.717) is 34.7 Å². The fourth-order valence-electron chi connectivity index (χ4n) is 4.79. The molecule has 1 N–H and O–H groups in total. The number of rotatable bonds is 8. The number of anilines is 1. The Balaban J connectivity index is 1.84. The van der Waals surface area contributed by atoms with Crippen LogP contribution in [-0.2, 0) is 15.8 Å². The number of fused-ring (bicyclic) bond motifs is 1. The molecule has 2 unspecified atom stereocenters. The van der Waals surface area contributed by atoms with Gasteiger partial charge in [0.05, 0.1) is 22.9 Å². The van der Waals surface area contributed by atoms with Crippen LogP contribution in [0.15, 0.2) is 66.7 Å². The van der Waals surface area contributed by atoms with E-state index in [0.717, 1.165) is 15.7 Å². The van der Waals surface area contributed by atoms with Gasteiger partial charge in [-0.05, 0) is 95.9 Å². The van der Waals surface area contributed by atoms with Crippen LogP contribution in [0.25, 0.3) is 0 Å². The van der Waals surface area contributed by atoms with Crippen LogP contribution in [0.4, 0.5) is 18.9 Å². The highest BCUT2D eigenvalue weighted by Crippen LogP contribution is 2.41. The number of benzene rings is 3. The molecule has 0 aromatic heterocycles. The van der Waals surface area contributed by atoms with Crippen molar-refractivity contribution in [1.82, 2.24) is 4.90 Å². The van der Waals surface area contributed by atoms with Crippen molar-refractivity contribution in [1.29, 1.82) is 0 Å². The molecule has 0 fully saturated rings. The zero-order valence-corrected chi connectivity index (χ0v) is 24.2. The molecule has 0 aliphatic carbocycles. The second-order valence-electron chi connectivity index (χ2n) is 9.46. The van der Waals surface area contributed by atoms with E-state index in [-0.39, 0.29) is 18.5 Å². The van der Waals surface area contributed by atoms with Crippen molar-refractivity contribution >= 4 is 57.7 Å². The van der Waals surface area contributed by atoms with Gasteiger partial charge in [0, 0.05) is 21.6 Å². The van der Waals surface area contributed by atoms with Crippen molar-refractivity contribution in [3.63, 3.8) is 0 Å². The van der Waals surface area contributed by atoms with Crippen LogP contribution in [0.5, 0.6) is 0 Å². The number of hydrogen-bond donors (Lipinski definition) is 1. The molecule has 40 heavy (non-hydrogen) atoms. The smallest absolute Gasteiger partial charge is 0.416 e. The summed E-state index contributed by atoms with van der Waals surface area (Å²) in [5.74, 6) is -1.81. The summed E-state index contributed by atoms with van der Waals surface area (Å²) in [5, 5.41) is 9.48. The van der Waals surface area contributed by atoms with Crippen molar-refractivity contribution in [2.45, 2.75) is 44.4 Å². The fraction of sp³-hybridized carbons (Fsp3) is 0.276. The predicted octanol–water partition coefficient (Wildman–Crippen LogP) is 7.51. The first-order chi connectivity index (χ1) is 18.9. The Bertz CT molecular complexity index is 1410. The maximum atomic E-state index is 14.3. The molecule has 0 saturated heterocycles. The molecule has 2 amide bonds. The molecule has 4 rings (SSSR count). The molecule has 0 spiro atoms. The van der Waals surface area contributed by atoms with E-state index in [2.05, 4.69) is 22.6 Å². The zero-order valence-electron chi connectivity index (χ0n) is 21.3. The van der Waals surface area contributed by atoms with Crippen LogP contribution in [0.2, 0.25) is 5.02 Å². The summed E-state index contributed by atoms with van der Waals surface area (Å²) in [5.41, 5.74) is 0.763. The second kappa shape index (κ2) is 12.2. The van der Waals surface area contributed by atoms with E-state index in [1.165, 1.54) is 21.9 Å². The van der Waals surface area contributed by atoms with E-state index >= 15 is 0 Å². The number of aliphatic carboxylic acids is 1. The molecule has 3 aromatic rings. The Morgan fingerprint density at radius 2 is 1.68 bits per heavy atom. The van der Waals surface area contributed by atoms with Gasteiger partial charge in [-0.15, -0.1) is 0 Å². The summed E-state index contributed by atoms with van der Waals surface area (Å²) in [6.07, 6.45) is -3.85. The molecule has 0 radical (unpaired) electrons. The minimum absolute atomic E-state index is 0.0573. The Morgan fingerprint density at radius 3 is 2.27 bits per heavy atom. The topological polar surface area (TPSA) is 77.9 Å². The summed E-state index contributed by atoms with van der Waals surface area (Å²) >= 11 is 8.18. The quantitative estimate of drug-likeness (QED) is 0.197. The number of carbonyl (C=O) groups is 3. The third-order valence-corrected chi connectivity index (χ3v) is 7.76. The van der Waals surface area contributed by atoms with Gasteiger partial charge in [0.1, 0.15) is 6.04 Å². The number of alkyl halides is 3. The summed E-state index contributed by atoms with van der Waals surface area (Å²) in [7, 11) is 0. The van der Waals surface area contributed by atoms with E-state index in [1.807, 2.05) is 0 Å². The van der Waals surface area contributed by atoms with Gasteiger partial charge < -0.3 is 14.9 Å². The van der Waals surface area contributed by atoms with Crippen LogP contribution in [-0.4, -0.2) is 34.3 Å². The highest BCUT2D eigenvalue weighted by atomic mass is 127. The minimum atomic E-state index is -4.52. The highest BCUT2D eigenvalue weighted by Gasteiger charge is 2.43. The van der Waals surface area contributed by atoms with E-state index in [9.17, 15) is 27.6 Å². The number of amides is 2. The molecule has 6 nitrogen and oxygen atoms in total. The Morgan fingerprint density at radius 1 is 1.02 bits per heavy atom. The van der Waals surface area contributed by atoms with Gasteiger partial charge in [-0.25, -0.2) is 0 Å². The average Bonchev–Trinajstić information content (AvgIpc) is 2.99. The van der Waals surface area contributed by atoms with Gasteiger partial charge in [-0.1, -0.05) is 35.9 Å². The second-order valence-corrected chi connectivity index (χ2v) is 11.1. The van der Waals surface area contributed by atoms with Gasteiger partial charge in [0.15, 0.2) is 0 Å². The molecule has 210 valence electrons. The number of unbranched alkanes of at least 4 members (excludes halogenated alkanes) is 1. The van der Waals surface area contributed by atoms with Crippen LogP contribution in [0.1, 0.15) is 65.3 Å².